The highest BCUT2D eigenvalue weighted by atomic mass is 16.4. The Labute approximate surface area is 200 Å². The fourth-order valence-corrected chi connectivity index (χ4v) is 5.02. The number of hydrogen-bond donors (Lipinski definition) is 3. The van der Waals surface area contributed by atoms with Crippen molar-refractivity contribution in [1.82, 2.24) is 25.1 Å². The van der Waals surface area contributed by atoms with Crippen LogP contribution in [0.2, 0.25) is 0 Å². The van der Waals surface area contributed by atoms with Crippen molar-refractivity contribution in [2.75, 3.05) is 23.3 Å². The molecule has 1 saturated heterocycles. The molecule has 1 aliphatic carbocycles. The van der Waals surface area contributed by atoms with E-state index in [2.05, 4.69) is 35.4 Å². The fraction of sp³-hybridized carbons (Fsp3) is 0.280. The maximum atomic E-state index is 12.5. The lowest BCUT2D eigenvalue weighted by Gasteiger charge is -2.33. The third kappa shape index (κ3) is 3.86. The third-order valence-corrected chi connectivity index (χ3v) is 7.13. The zero-order chi connectivity index (χ0) is 24.0. The molecule has 1 saturated carbocycles. The number of nitrogens with one attached hydrogen (secondary N) is 2. The third-order valence-electron chi connectivity index (χ3n) is 7.13. The van der Waals surface area contributed by atoms with E-state index in [1.807, 2.05) is 42.5 Å². The summed E-state index contributed by atoms with van der Waals surface area (Å²) >= 11 is 0. The molecule has 10 nitrogen and oxygen atoms in total. The Morgan fingerprint density at radius 2 is 1.89 bits per heavy atom. The summed E-state index contributed by atoms with van der Waals surface area (Å²) in [6.45, 7) is 1.59. The second-order valence-electron chi connectivity index (χ2n) is 9.20. The summed E-state index contributed by atoms with van der Waals surface area (Å²) in [7, 11) is 0. The molecule has 35 heavy (non-hydrogen) atoms. The van der Waals surface area contributed by atoms with E-state index in [-0.39, 0.29) is 16.9 Å². The van der Waals surface area contributed by atoms with Gasteiger partial charge in [0.1, 0.15) is 22.5 Å². The zero-order valence-electron chi connectivity index (χ0n) is 18.8. The van der Waals surface area contributed by atoms with Crippen LogP contribution in [-0.4, -0.2) is 49.3 Å². The molecule has 1 aromatic carbocycles. The lowest BCUT2D eigenvalue weighted by molar-refractivity contribution is -0.139. The Morgan fingerprint density at radius 1 is 1.09 bits per heavy atom. The van der Waals surface area contributed by atoms with Crippen LogP contribution in [0.3, 0.4) is 0 Å². The van der Waals surface area contributed by atoms with Gasteiger partial charge in [0.2, 0.25) is 0 Å². The number of anilines is 3. The summed E-state index contributed by atoms with van der Waals surface area (Å²) in [6, 6.07) is 13.4. The highest BCUT2D eigenvalue weighted by Gasteiger charge is 2.58. The molecule has 1 aliphatic heterocycles. The van der Waals surface area contributed by atoms with Gasteiger partial charge in [-0.05, 0) is 36.8 Å². The van der Waals surface area contributed by atoms with E-state index < -0.39 is 5.97 Å². The highest BCUT2D eigenvalue weighted by Crippen LogP contribution is 2.59. The molecule has 0 radical (unpaired) electrons. The molecule has 10 heteroatoms. The highest BCUT2D eigenvalue weighted by molar-refractivity contribution is 5.91. The van der Waals surface area contributed by atoms with Crippen molar-refractivity contribution in [2.24, 2.45) is 11.3 Å². The number of aromatic amines is 1. The second-order valence-corrected chi connectivity index (χ2v) is 9.20. The summed E-state index contributed by atoms with van der Waals surface area (Å²) in [5.41, 5.74) is 1.56. The number of aliphatic carboxylic acids is 1. The number of fused-ring (bicyclic) bond motifs is 1. The molecular weight excluding hydrogens is 446 g/mol. The lowest BCUT2D eigenvalue weighted by atomic mass is 9.91. The minimum absolute atomic E-state index is 0.0176. The normalized spacial score (nSPS) is 18.5. The number of pyridine rings is 1. The van der Waals surface area contributed by atoms with Gasteiger partial charge in [-0.3, -0.25) is 9.59 Å². The van der Waals surface area contributed by atoms with Crippen LogP contribution in [-0.2, 0) is 4.79 Å². The van der Waals surface area contributed by atoms with E-state index >= 15 is 0 Å². The number of H-pyrrole nitrogens is 1. The van der Waals surface area contributed by atoms with Gasteiger partial charge in [-0.15, -0.1) is 0 Å². The van der Waals surface area contributed by atoms with Gasteiger partial charge in [-0.1, -0.05) is 30.3 Å². The van der Waals surface area contributed by atoms with Crippen LogP contribution >= 0.6 is 0 Å². The molecule has 2 aliphatic rings. The van der Waals surface area contributed by atoms with Gasteiger partial charge in [0, 0.05) is 18.7 Å². The molecule has 0 bridgehead atoms. The minimum Gasteiger partial charge on any atom is -0.481 e. The van der Waals surface area contributed by atoms with Gasteiger partial charge >= 0.3 is 5.97 Å². The molecule has 3 N–H and O–H groups in total. The Kier molecular flexibility index (Phi) is 4.94. The lowest BCUT2D eigenvalue weighted by Crippen LogP contribution is -2.36. The first-order chi connectivity index (χ1) is 17.0. The molecule has 2 fully saturated rings. The molecule has 0 unspecified atom stereocenters. The number of carbonyl (C=O) groups is 1. The maximum Gasteiger partial charge on any atom is 0.307 e. The Morgan fingerprint density at radius 3 is 2.57 bits per heavy atom. The standard InChI is InChI=1S/C25H23N7O3/c33-23-20-18(14-27-31-23)29-21(15-4-2-1-3-5-15)30-22(20)28-16-6-7-19(26-13-16)32-10-8-25(9-11-32)12-17(25)24(34)35/h1-7,13-14,17H,8-12H2,(H,31,33)(H,34,35)(H,28,29,30)/t17-/m1/s1. The molecule has 4 aromatic rings. The summed E-state index contributed by atoms with van der Waals surface area (Å²) in [4.78, 5) is 39.8. The number of aromatic nitrogens is 5. The van der Waals surface area contributed by atoms with E-state index in [9.17, 15) is 14.7 Å². The van der Waals surface area contributed by atoms with E-state index in [0.29, 0.717) is 28.2 Å². The molecule has 6 rings (SSSR count). The number of benzene rings is 1. The Hall–Kier alpha value is -4.34. The van der Waals surface area contributed by atoms with Crippen LogP contribution < -0.4 is 15.8 Å². The van der Waals surface area contributed by atoms with Gasteiger partial charge < -0.3 is 15.3 Å². The van der Waals surface area contributed by atoms with Gasteiger partial charge in [0.05, 0.1) is 24.0 Å². The zero-order valence-corrected chi connectivity index (χ0v) is 18.8. The van der Waals surface area contributed by atoms with Crippen molar-refractivity contribution in [3.8, 4) is 11.4 Å². The summed E-state index contributed by atoms with van der Waals surface area (Å²) in [5, 5.41) is 19.2. The largest absolute Gasteiger partial charge is 0.481 e. The van der Waals surface area contributed by atoms with Crippen molar-refractivity contribution in [3.05, 3.63) is 65.2 Å². The quantitative estimate of drug-likeness (QED) is 0.402. The Bertz CT molecular complexity index is 1460. The van der Waals surface area contributed by atoms with Crippen LogP contribution in [0, 0.1) is 11.3 Å². The van der Waals surface area contributed by atoms with Gasteiger partial charge in [0.25, 0.3) is 5.56 Å². The van der Waals surface area contributed by atoms with Crippen molar-refractivity contribution in [1.29, 1.82) is 0 Å². The second kappa shape index (κ2) is 8.15. The van der Waals surface area contributed by atoms with Crippen molar-refractivity contribution in [3.63, 3.8) is 0 Å². The number of nitrogens with zero attached hydrogens (tertiary/aromatic N) is 5. The minimum atomic E-state index is -0.672. The predicted octanol–water partition coefficient (Wildman–Crippen LogP) is 3.21. The smallest absolute Gasteiger partial charge is 0.307 e. The van der Waals surface area contributed by atoms with E-state index in [4.69, 9.17) is 0 Å². The van der Waals surface area contributed by atoms with Gasteiger partial charge in [0.15, 0.2) is 5.82 Å². The average molecular weight is 470 g/mol. The summed E-state index contributed by atoms with van der Waals surface area (Å²) in [6.07, 6.45) is 5.76. The molecule has 3 aromatic heterocycles. The first-order valence-electron chi connectivity index (χ1n) is 11.5. The summed E-state index contributed by atoms with van der Waals surface area (Å²) in [5.74, 6) is 0.845. The molecule has 4 heterocycles. The number of carboxylic acids is 1. The molecule has 1 atom stereocenters. The first-order valence-corrected chi connectivity index (χ1v) is 11.5. The average Bonchev–Trinajstić information content (AvgIpc) is 3.59. The number of rotatable bonds is 5. The van der Waals surface area contributed by atoms with Crippen molar-refractivity contribution >= 4 is 34.2 Å². The van der Waals surface area contributed by atoms with E-state index in [0.717, 1.165) is 43.7 Å². The topological polar surface area (TPSA) is 137 Å². The van der Waals surface area contributed by atoms with Crippen molar-refractivity contribution < 1.29 is 9.90 Å². The van der Waals surface area contributed by atoms with Gasteiger partial charge in [-0.2, -0.15) is 5.10 Å². The monoisotopic (exact) mass is 469 g/mol. The van der Waals surface area contributed by atoms with E-state index in [1.54, 1.807) is 6.20 Å². The maximum absolute atomic E-state index is 12.5. The van der Waals surface area contributed by atoms with Crippen LogP contribution in [0.4, 0.5) is 17.3 Å². The Balaban J connectivity index is 1.24. The molecule has 176 valence electrons. The molecule has 1 spiro atoms. The predicted molar refractivity (Wildman–Crippen MR) is 131 cm³/mol. The van der Waals surface area contributed by atoms with E-state index in [1.165, 1.54) is 6.20 Å². The van der Waals surface area contributed by atoms with Crippen LogP contribution in [0.15, 0.2) is 59.7 Å². The number of hydrogen-bond acceptors (Lipinski definition) is 8. The molecule has 0 amide bonds. The summed E-state index contributed by atoms with van der Waals surface area (Å²) < 4.78 is 0. The molecular formula is C25H23N7O3. The SMILES string of the molecule is O=C(O)[C@H]1CC12CCN(c1ccc(Nc3nc(-c4ccccc4)nc4cn[nH]c(=O)c34)cn1)CC2. The fourth-order valence-electron chi connectivity index (χ4n) is 5.02. The van der Waals surface area contributed by atoms with Crippen LogP contribution in [0.1, 0.15) is 19.3 Å². The van der Waals surface area contributed by atoms with Crippen molar-refractivity contribution in [2.45, 2.75) is 19.3 Å². The number of carboxylic acid groups (broad SMARTS) is 1. The van der Waals surface area contributed by atoms with Gasteiger partial charge in [-0.25, -0.2) is 20.1 Å². The van der Waals surface area contributed by atoms with Crippen LogP contribution in [0.25, 0.3) is 22.3 Å². The number of piperidine rings is 1. The first kappa shape index (κ1) is 21.2. The van der Waals surface area contributed by atoms with Crippen LogP contribution in [0.5, 0.6) is 0 Å².